The van der Waals surface area contributed by atoms with Crippen LogP contribution in [0, 0.1) is 5.92 Å². The Hall–Kier alpha value is -3.98. The average molecular weight is 500 g/mol. The normalized spacial score (nSPS) is 16.6. The van der Waals surface area contributed by atoms with Gasteiger partial charge in [-0.1, -0.05) is 18.6 Å². The minimum absolute atomic E-state index is 0.228. The fourth-order valence-corrected chi connectivity index (χ4v) is 4.54. The number of anilines is 4. The molecule has 2 heterocycles. The molecule has 9 heteroatoms. The van der Waals surface area contributed by atoms with Crippen LogP contribution in [0.4, 0.5) is 23.0 Å². The standard InChI is InChI=1S/C28H33N7O2/c1-19(29)26(36)31-22-7-5-20(6-8-22)25-13-14-30-28(33-25)32-23-9-11-24(12-10-23)34-15-17-35(18-16-34)27(37)21-3-2-4-21/h5-14,19,21H,2-4,15-18,29H2,1H3,(H,31,36)(H,30,32,33). The number of nitrogens with one attached hydrogen (secondary N) is 2. The van der Waals surface area contributed by atoms with Crippen molar-refractivity contribution in [3.05, 3.63) is 60.8 Å². The lowest BCUT2D eigenvalue weighted by Crippen LogP contribution is -2.51. The summed E-state index contributed by atoms with van der Waals surface area (Å²) in [6, 6.07) is 16.9. The Balaban J connectivity index is 1.17. The molecule has 1 atom stereocenters. The van der Waals surface area contributed by atoms with Crippen molar-refractivity contribution in [2.75, 3.05) is 41.7 Å². The van der Waals surface area contributed by atoms with E-state index in [0.29, 0.717) is 17.5 Å². The molecule has 4 N–H and O–H groups in total. The maximum absolute atomic E-state index is 12.5. The van der Waals surface area contributed by atoms with Crippen LogP contribution in [-0.2, 0) is 9.59 Å². The van der Waals surface area contributed by atoms with Crippen molar-refractivity contribution in [3.8, 4) is 11.3 Å². The Bertz CT molecular complexity index is 1230. The van der Waals surface area contributed by atoms with Gasteiger partial charge in [0.25, 0.3) is 0 Å². The van der Waals surface area contributed by atoms with Crippen molar-refractivity contribution in [1.29, 1.82) is 0 Å². The summed E-state index contributed by atoms with van der Waals surface area (Å²) >= 11 is 0. The van der Waals surface area contributed by atoms with Gasteiger partial charge in [-0.2, -0.15) is 0 Å². The van der Waals surface area contributed by atoms with Crippen molar-refractivity contribution < 1.29 is 9.59 Å². The first kappa shape index (κ1) is 24.7. The van der Waals surface area contributed by atoms with Crippen LogP contribution in [-0.4, -0.2) is 58.9 Å². The van der Waals surface area contributed by atoms with Crippen molar-refractivity contribution in [3.63, 3.8) is 0 Å². The van der Waals surface area contributed by atoms with Gasteiger partial charge >= 0.3 is 0 Å². The zero-order valence-corrected chi connectivity index (χ0v) is 21.1. The Morgan fingerprint density at radius 3 is 2.24 bits per heavy atom. The highest BCUT2D eigenvalue weighted by Gasteiger charge is 2.31. The molecule has 1 aromatic heterocycles. The summed E-state index contributed by atoms with van der Waals surface area (Å²) in [5.41, 5.74) is 10.0. The molecule has 1 saturated heterocycles. The number of rotatable bonds is 7. The Labute approximate surface area is 217 Å². The number of carbonyl (C=O) groups excluding carboxylic acids is 2. The van der Waals surface area contributed by atoms with Gasteiger partial charge in [0.2, 0.25) is 17.8 Å². The van der Waals surface area contributed by atoms with Crippen molar-refractivity contribution in [2.24, 2.45) is 11.7 Å². The second-order valence-electron chi connectivity index (χ2n) is 9.73. The molecule has 1 saturated carbocycles. The van der Waals surface area contributed by atoms with Gasteiger partial charge in [0.05, 0.1) is 11.7 Å². The predicted molar refractivity (Wildman–Crippen MR) is 146 cm³/mol. The molecule has 1 unspecified atom stereocenters. The largest absolute Gasteiger partial charge is 0.368 e. The van der Waals surface area contributed by atoms with Crippen molar-refractivity contribution in [2.45, 2.75) is 32.2 Å². The number of nitrogens with two attached hydrogens (primary N) is 1. The smallest absolute Gasteiger partial charge is 0.240 e. The van der Waals surface area contributed by atoms with E-state index in [4.69, 9.17) is 5.73 Å². The molecule has 5 rings (SSSR count). The Morgan fingerprint density at radius 1 is 0.946 bits per heavy atom. The first-order valence-corrected chi connectivity index (χ1v) is 12.9. The van der Waals surface area contributed by atoms with Crippen LogP contribution in [0.3, 0.4) is 0 Å². The summed E-state index contributed by atoms with van der Waals surface area (Å²) in [4.78, 5) is 37.6. The second-order valence-corrected chi connectivity index (χ2v) is 9.73. The minimum Gasteiger partial charge on any atom is -0.368 e. The number of carbonyl (C=O) groups is 2. The number of piperazine rings is 1. The number of benzene rings is 2. The van der Waals surface area contributed by atoms with Gasteiger partial charge < -0.3 is 26.2 Å². The summed E-state index contributed by atoms with van der Waals surface area (Å²) in [6.07, 6.45) is 5.02. The molecule has 192 valence electrons. The lowest BCUT2D eigenvalue weighted by atomic mass is 9.84. The van der Waals surface area contributed by atoms with E-state index in [9.17, 15) is 9.59 Å². The summed E-state index contributed by atoms with van der Waals surface area (Å²) in [6.45, 7) is 4.92. The monoisotopic (exact) mass is 499 g/mol. The molecule has 3 aromatic rings. The fraction of sp³-hybridized carbons (Fsp3) is 0.357. The van der Waals surface area contributed by atoms with Gasteiger partial charge in [-0.15, -0.1) is 0 Å². The zero-order chi connectivity index (χ0) is 25.8. The van der Waals surface area contributed by atoms with Gasteiger partial charge in [0.1, 0.15) is 0 Å². The molecule has 2 amide bonds. The summed E-state index contributed by atoms with van der Waals surface area (Å²) in [5, 5.41) is 6.06. The minimum atomic E-state index is -0.568. The maximum atomic E-state index is 12.5. The molecule has 0 spiro atoms. The molecular formula is C28H33N7O2. The molecule has 0 bridgehead atoms. The lowest BCUT2D eigenvalue weighted by Gasteiger charge is -2.39. The molecule has 2 aliphatic rings. The molecule has 1 aliphatic carbocycles. The Morgan fingerprint density at radius 2 is 1.62 bits per heavy atom. The lowest BCUT2D eigenvalue weighted by molar-refractivity contribution is -0.138. The topological polar surface area (TPSA) is 116 Å². The van der Waals surface area contributed by atoms with Crippen LogP contribution in [0.25, 0.3) is 11.3 Å². The van der Waals surface area contributed by atoms with Crippen LogP contribution in [0.5, 0.6) is 0 Å². The van der Waals surface area contributed by atoms with Gasteiger partial charge in [0, 0.05) is 60.9 Å². The van der Waals surface area contributed by atoms with Crippen LogP contribution in [0.2, 0.25) is 0 Å². The third kappa shape index (κ3) is 5.89. The van der Waals surface area contributed by atoms with Gasteiger partial charge in [-0.3, -0.25) is 9.59 Å². The Kier molecular flexibility index (Phi) is 7.32. The summed E-state index contributed by atoms with van der Waals surface area (Å²) < 4.78 is 0. The van der Waals surface area contributed by atoms with E-state index < -0.39 is 6.04 Å². The molecular weight excluding hydrogens is 466 g/mol. The number of amides is 2. The third-order valence-corrected chi connectivity index (χ3v) is 7.05. The van der Waals surface area contributed by atoms with Crippen LogP contribution < -0.4 is 21.3 Å². The van der Waals surface area contributed by atoms with Crippen molar-refractivity contribution >= 4 is 34.8 Å². The number of hydrogen-bond acceptors (Lipinski definition) is 7. The SMILES string of the molecule is CC(N)C(=O)Nc1ccc(-c2ccnc(Nc3ccc(N4CCN(C(=O)C5CCC5)CC4)cc3)n2)cc1. The number of nitrogens with zero attached hydrogens (tertiary/aromatic N) is 4. The fourth-order valence-electron chi connectivity index (χ4n) is 4.54. The van der Waals surface area contributed by atoms with E-state index in [2.05, 4.69) is 37.6 Å². The maximum Gasteiger partial charge on any atom is 0.240 e. The van der Waals surface area contributed by atoms with Gasteiger partial charge in [0.15, 0.2) is 0 Å². The first-order valence-electron chi connectivity index (χ1n) is 12.9. The van der Waals surface area contributed by atoms with E-state index in [1.807, 2.05) is 47.4 Å². The second kappa shape index (κ2) is 11.0. The molecule has 0 radical (unpaired) electrons. The zero-order valence-electron chi connectivity index (χ0n) is 21.1. The highest BCUT2D eigenvalue weighted by Crippen LogP contribution is 2.29. The van der Waals surface area contributed by atoms with Crippen LogP contribution >= 0.6 is 0 Å². The number of hydrogen-bond donors (Lipinski definition) is 3. The molecule has 2 fully saturated rings. The highest BCUT2D eigenvalue weighted by molar-refractivity contribution is 5.94. The van der Waals surface area contributed by atoms with E-state index in [1.165, 1.54) is 6.42 Å². The first-order chi connectivity index (χ1) is 18.0. The molecule has 9 nitrogen and oxygen atoms in total. The predicted octanol–water partition coefficient (Wildman–Crippen LogP) is 3.62. The average Bonchev–Trinajstić information content (AvgIpc) is 2.89. The van der Waals surface area contributed by atoms with E-state index >= 15 is 0 Å². The van der Waals surface area contributed by atoms with Gasteiger partial charge in [-0.05, 0) is 62.2 Å². The molecule has 37 heavy (non-hydrogen) atoms. The van der Waals surface area contributed by atoms with Crippen LogP contribution in [0.15, 0.2) is 60.8 Å². The third-order valence-electron chi connectivity index (χ3n) is 7.05. The number of aromatic nitrogens is 2. The van der Waals surface area contributed by atoms with Gasteiger partial charge in [-0.25, -0.2) is 9.97 Å². The highest BCUT2D eigenvalue weighted by atomic mass is 16.2. The molecule has 2 aromatic carbocycles. The quantitative estimate of drug-likeness (QED) is 0.455. The van der Waals surface area contributed by atoms with Crippen molar-refractivity contribution in [1.82, 2.24) is 14.9 Å². The molecule has 1 aliphatic heterocycles. The van der Waals surface area contributed by atoms with E-state index in [0.717, 1.165) is 61.7 Å². The van der Waals surface area contributed by atoms with Crippen LogP contribution in [0.1, 0.15) is 26.2 Å². The summed E-state index contributed by atoms with van der Waals surface area (Å²) in [5.74, 6) is 0.887. The van der Waals surface area contributed by atoms with E-state index in [-0.39, 0.29) is 11.8 Å². The summed E-state index contributed by atoms with van der Waals surface area (Å²) in [7, 11) is 0. The van der Waals surface area contributed by atoms with E-state index in [1.54, 1.807) is 13.1 Å².